The molecular formula is C17H25F3N2O2. The zero-order valence-electron chi connectivity index (χ0n) is 14.5. The third-order valence-corrected chi connectivity index (χ3v) is 3.23. The summed E-state index contributed by atoms with van der Waals surface area (Å²) < 4.78 is 40.3. The first-order valence-electron chi connectivity index (χ1n) is 7.79. The third-order valence-electron chi connectivity index (χ3n) is 3.23. The van der Waals surface area contributed by atoms with E-state index in [1.54, 1.807) is 0 Å². The average molecular weight is 346 g/mol. The monoisotopic (exact) mass is 346 g/mol. The van der Waals surface area contributed by atoms with Gasteiger partial charge in [0.1, 0.15) is 6.61 Å². The summed E-state index contributed by atoms with van der Waals surface area (Å²) >= 11 is 0. The lowest BCUT2D eigenvalue weighted by Crippen LogP contribution is -2.28. The lowest BCUT2D eigenvalue weighted by atomic mass is 9.95. The zero-order chi connectivity index (χ0) is 18.4. The van der Waals surface area contributed by atoms with Gasteiger partial charge in [-0.2, -0.15) is 13.2 Å². The Morgan fingerprint density at radius 1 is 1.21 bits per heavy atom. The molecule has 0 aliphatic carbocycles. The van der Waals surface area contributed by atoms with E-state index >= 15 is 0 Å². The maximum Gasteiger partial charge on any atom is 0.411 e. The second-order valence-electron chi connectivity index (χ2n) is 6.68. The number of halogens is 3. The third kappa shape index (κ3) is 7.68. The zero-order valence-corrected chi connectivity index (χ0v) is 14.5. The lowest BCUT2D eigenvalue weighted by molar-refractivity contribution is -0.173. The highest BCUT2D eigenvalue weighted by atomic mass is 19.4. The molecule has 24 heavy (non-hydrogen) atoms. The number of carbonyl (C=O) groups excluding carboxylic acids is 1. The highest BCUT2D eigenvalue weighted by molar-refractivity contribution is 5.95. The van der Waals surface area contributed by atoms with Crippen molar-refractivity contribution in [2.45, 2.75) is 40.3 Å². The van der Waals surface area contributed by atoms with Crippen LogP contribution in [0.3, 0.4) is 0 Å². The van der Waals surface area contributed by atoms with Gasteiger partial charge in [0.15, 0.2) is 0 Å². The van der Waals surface area contributed by atoms with E-state index in [-0.39, 0.29) is 12.5 Å². The number of ether oxygens (including phenoxy) is 1. The van der Waals surface area contributed by atoms with Gasteiger partial charge in [-0.3, -0.25) is 4.79 Å². The van der Waals surface area contributed by atoms with Gasteiger partial charge < -0.3 is 15.4 Å². The number of hydrogen-bond acceptors (Lipinski definition) is 3. The van der Waals surface area contributed by atoms with Gasteiger partial charge in [0, 0.05) is 29.9 Å². The highest BCUT2D eigenvalue weighted by Crippen LogP contribution is 2.23. The van der Waals surface area contributed by atoms with Crippen LogP contribution >= 0.6 is 0 Å². The van der Waals surface area contributed by atoms with Crippen LogP contribution in [0.1, 0.15) is 32.8 Å². The van der Waals surface area contributed by atoms with Crippen molar-refractivity contribution in [2.75, 3.05) is 30.4 Å². The van der Waals surface area contributed by atoms with Crippen LogP contribution in [0.2, 0.25) is 0 Å². The summed E-state index contributed by atoms with van der Waals surface area (Å²) in [6, 6.07) is 5.55. The molecule has 1 aromatic rings. The molecule has 0 spiro atoms. The molecule has 1 aromatic carbocycles. The smallest absolute Gasteiger partial charge is 0.385 e. The molecule has 0 bridgehead atoms. The van der Waals surface area contributed by atoms with Gasteiger partial charge in [0.2, 0.25) is 5.91 Å². The predicted molar refractivity (Wildman–Crippen MR) is 89.2 cm³/mol. The van der Waals surface area contributed by atoms with Crippen molar-refractivity contribution in [3.8, 4) is 0 Å². The van der Waals surface area contributed by atoms with Crippen LogP contribution in [0.5, 0.6) is 0 Å². The Bertz CT molecular complexity index is 552. The Kier molecular flexibility index (Phi) is 7.08. The van der Waals surface area contributed by atoms with Gasteiger partial charge in [-0.05, 0) is 31.0 Å². The highest BCUT2D eigenvalue weighted by Gasteiger charge is 2.27. The van der Waals surface area contributed by atoms with Gasteiger partial charge in [-0.25, -0.2) is 0 Å². The molecule has 0 heterocycles. The standard InChI is InChI=1S/C17H25F3N2O2/c1-12-6-7-13(10-14(12)22-15(23)16(2,3)4)21-8-5-9-24-11-17(18,19)20/h6-7,10,21H,5,8-9,11H2,1-4H3,(H,22,23). The van der Waals surface area contributed by atoms with Crippen molar-refractivity contribution in [3.05, 3.63) is 23.8 Å². The van der Waals surface area contributed by atoms with Crippen molar-refractivity contribution in [1.29, 1.82) is 0 Å². The molecule has 1 rings (SSSR count). The number of alkyl halides is 3. The molecule has 1 amide bonds. The van der Waals surface area contributed by atoms with Crippen molar-refractivity contribution < 1.29 is 22.7 Å². The largest absolute Gasteiger partial charge is 0.411 e. The average Bonchev–Trinajstić information content (AvgIpc) is 2.43. The topological polar surface area (TPSA) is 50.4 Å². The normalized spacial score (nSPS) is 12.1. The molecule has 2 N–H and O–H groups in total. The minimum absolute atomic E-state index is 0.0337. The minimum atomic E-state index is -4.29. The number of carbonyl (C=O) groups is 1. The van der Waals surface area contributed by atoms with E-state index in [2.05, 4.69) is 15.4 Å². The predicted octanol–water partition coefficient (Wildman–Crippen LogP) is 4.36. The molecule has 0 aliphatic rings. The molecule has 0 atom stereocenters. The number of rotatable bonds is 7. The molecule has 0 unspecified atom stereocenters. The Balaban J connectivity index is 2.47. The number of aryl methyl sites for hydroxylation is 1. The van der Waals surface area contributed by atoms with E-state index in [0.717, 1.165) is 11.3 Å². The molecular weight excluding hydrogens is 321 g/mol. The summed E-state index contributed by atoms with van der Waals surface area (Å²) in [5.74, 6) is -0.0803. The summed E-state index contributed by atoms with van der Waals surface area (Å²) in [4.78, 5) is 12.1. The van der Waals surface area contributed by atoms with E-state index < -0.39 is 18.2 Å². The van der Waals surface area contributed by atoms with E-state index in [1.165, 1.54) is 0 Å². The molecule has 0 fully saturated rings. The molecule has 0 aromatic heterocycles. The first-order chi connectivity index (χ1) is 11.0. The lowest BCUT2D eigenvalue weighted by Gasteiger charge is -2.19. The van der Waals surface area contributed by atoms with Crippen molar-refractivity contribution >= 4 is 17.3 Å². The summed E-state index contributed by atoms with van der Waals surface area (Å²) in [6.07, 6.45) is -3.84. The van der Waals surface area contributed by atoms with Crippen LogP contribution in [0, 0.1) is 12.3 Å². The molecule has 0 saturated heterocycles. The number of anilines is 2. The van der Waals surface area contributed by atoms with E-state index in [1.807, 2.05) is 45.9 Å². The number of hydrogen-bond donors (Lipinski definition) is 2. The molecule has 0 aliphatic heterocycles. The van der Waals surface area contributed by atoms with Crippen molar-refractivity contribution in [3.63, 3.8) is 0 Å². The minimum Gasteiger partial charge on any atom is -0.385 e. The van der Waals surface area contributed by atoms with Crippen LogP contribution in [-0.2, 0) is 9.53 Å². The second-order valence-corrected chi connectivity index (χ2v) is 6.68. The molecule has 136 valence electrons. The summed E-state index contributed by atoms with van der Waals surface area (Å²) in [5.41, 5.74) is 1.95. The Morgan fingerprint density at radius 2 is 1.88 bits per heavy atom. The Hall–Kier alpha value is -1.76. The first kappa shape index (κ1) is 20.3. The maximum atomic E-state index is 12.1. The Morgan fingerprint density at radius 3 is 2.46 bits per heavy atom. The van der Waals surface area contributed by atoms with Crippen LogP contribution in [0.25, 0.3) is 0 Å². The molecule has 0 radical (unpaired) electrons. The van der Waals surface area contributed by atoms with Gasteiger partial charge >= 0.3 is 6.18 Å². The van der Waals surface area contributed by atoms with E-state index in [9.17, 15) is 18.0 Å². The summed E-state index contributed by atoms with van der Waals surface area (Å²) in [7, 11) is 0. The fourth-order valence-corrected chi connectivity index (χ4v) is 1.77. The quantitative estimate of drug-likeness (QED) is 0.721. The number of benzene rings is 1. The Labute approximate surface area is 140 Å². The summed E-state index contributed by atoms with van der Waals surface area (Å²) in [5, 5.41) is 6.00. The molecule has 0 saturated carbocycles. The fraction of sp³-hybridized carbons (Fsp3) is 0.588. The summed E-state index contributed by atoms with van der Waals surface area (Å²) in [6.45, 7) is 6.69. The van der Waals surface area contributed by atoms with Gasteiger partial charge in [0.05, 0.1) is 0 Å². The first-order valence-corrected chi connectivity index (χ1v) is 7.79. The van der Waals surface area contributed by atoms with Gasteiger partial charge in [0.25, 0.3) is 0 Å². The molecule has 4 nitrogen and oxygen atoms in total. The SMILES string of the molecule is Cc1ccc(NCCCOCC(F)(F)F)cc1NC(=O)C(C)(C)C. The van der Waals surface area contributed by atoms with E-state index in [0.29, 0.717) is 18.7 Å². The second kappa shape index (κ2) is 8.37. The number of amides is 1. The number of nitrogens with one attached hydrogen (secondary N) is 2. The maximum absolute atomic E-state index is 12.1. The van der Waals surface area contributed by atoms with Gasteiger partial charge in [-0.1, -0.05) is 26.8 Å². The van der Waals surface area contributed by atoms with Crippen molar-refractivity contribution in [1.82, 2.24) is 0 Å². The van der Waals surface area contributed by atoms with Crippen LogP contribution in [-0.4, -0.2) is 31.8 Å². The molecule has 7 heteroatoms. The van der Waals surface area contributed by atoms with Crippen molar-refractivity contribution in [2.24, 2.45) is 5.41 Å². The fourth-order valence-electron chi connectivity index (χ4n) is 1.77. The van der Waals surface area contributed by atoms with E-state index in [4.69, 9.17) is 0 Å². The van der Waals surface area contributed by atoms with Crippen LogP contribution < -0.4 is 10.6 Å². The van der Waals surface area contributed by atoms with Crippen LogP contribution in [0.15, 0.2) is 18.2 Å². The van der Waals surface area contributed by atoms with Crippen LogP contribution in [0.4, 0.5) is 24.5 Å². The van der Waals surface area contributed by atoms with Gasteiger partial charge in [-0.15, -0.1) is 0 Å².